The molecule has 1 aliphatic heterocycles. The first-order valence-electron chi connectivity index (χ1n) is 8.42. The second-order valence-corrected chi connectivity index (χ2v) is 6.46. The first-order chi connectivity index (χ1) is 12.0. The van der Waals surface area contributed by atoms with Gasteiger partial charge in [-0.25, -0.2) is 4.98 Å². The zero-order valence-electron chi connectivity index (χ0n) is 14.8. The summed E-state index contributed by atoms with van der Waals surface area (Å²) in [5.74, 6) is 0.612. The van der Waals surface area contributed by atoms with Crippen LogP contribution in [-0.2, 0) is 7.05 Å². The molecule has 0 aromatic carbocycles. The van der Waals surface area contributed by atoms with Crippen molar-refractivity contribution in [2.45, 2.75) is 32.7 Å². The number of pyridine rings is 1. The number of carbonyl (C=O) groups excluding carboxylic acids is 1. The van der Waals surface area contributed by atoms with Gasteiger partial charge in [0.15, 0.2) is 0 Å². The minimum Gasteiger partial charge on any atom is -0.355 e. The molecule has 130 valence electrons. The van der Waals surface area contributed by atoms with Gasteiger partial charge in [0.1, 0.15) is 17.6 Å². The molecule has 0 atom stereocenters. The van der Waals surface area contributed by atoms with Gasteiger partial charge in [-0.05, 0) is 44.9 Å². The number of rotatable bonds is 3. The van der Waals surface area contributed by atoms with Crippen molar-refractivity contribution in [1.29, 1.82) is 5.26 Å². The molecule has 0 saturated carbocycles. The zero-order valence-corrected chi connectivity index (χ0v) is 14.8. The summed E-state index contributed by atoms with van der Waals surface area (Å²) < 4.78 is 1.70. The molecule has 0 spiro atoms. The van der Waals surface area contributed by atoms with Gasteiger partial charge in [-0.15, -0.1) is 0 Å². The van der Waals surface area contributed by atoms with E-state index in [0.29, 0.717) is 11.3 Å². The van der Waals surface area contributed by atoms with E-state index < -0.39 is 0 Å². The summed E-state index contributed by atoms with van der Waals surface area (Å²) >= 11 is 0. The molecule has 7 nitrogen and oxygen atoms in total. The summed E-state index contributed by atoms with van der Waals surface area (Å²) in [6, 6.07) is 7.78. The van der Waals surface area contributed by atoms with E-state index in [1.54, 1.807) is 10.7 Å². The number of piperidine rings is 1. The molecule has 0 aliphatic carbocycles. The van der Waals surface area contributed by atoms with Crippen molar-refractivity contribution in [2.24, 2.45) is 7.05 Å². The van der Waals surface area contributed by atoms with Crippen LogP contribution in [0, 0.1) is 25.2 Å². The molecular weight excluding hydrogens is 316 g/mol. The SMILES string of the molecule is Cc1ccc(C#N)c(N2CCC(NC(=O)c3cc(C)n(C)n3)CC2)n1. The Kier molecular flexibility index (Phi) is 4.70. The Bertz CT molecular complexity index is 807. The summed E-state index contributed by atoms with van der Waals surface area (Å²) in [7, 11) is 1.83. The second kappa shape index (κ2) is 6.93. The topological polar surface area (TPSA) is 86.8 Å². The van der Waals surface area contributed by atoms with Gasteiger partial charge in [-0.1, -0.05) is 0 Å². The van der Waals surface area contributed by atoms with E-state index in [4.69, 9.17) is 0 Å². The van der Waals surface area contributed by atoms with Crippen LogP contribution in [-0.4, -0.2) is 39.8 Å². The highest BCUT2D eigenvalue weighted by molar-refractivity contribution is 5.92. The minimum absolute atomic E-state index is 0.112. The Morgan fingerprint density at radius 1 is 1.32 bits per heavy atom. The van der Waals surface area contributed by atoms with E-state index in [1.165, 1.54) is 0 Å². The molecular formula is C18H22N6O. The predicted molar refractivity (Wildman–Crippen MR) is 94.3 cm³/mol. The summed E-state index contributed by atoms with van der Waals surface area (Å²) in [4.78, 5) is 19.0. The molecule has 1 saturated heterocycles. The molecule has 0 radical (unpaired) electrons. The van der Waals surface area contributed by atoms with Gasteiger partial charge in [0.25, 0.3) is 5.91 Å². The average Bonchev–Trinajstić information content (AvgIpc) is 2.95. The number of hydrogen-bond acceptors (Lipinski definition) is 5. The van der Waals surface area contributed by atoms with Crippen LogP contribution in [0.15, 0.2) is 18.2 Å². The molecule has 0 unspecified atom stereocenters. The van der Waals surface area contributed by atoms with Crippen molar-refractivity contribution in [1.82, 2.24) is 20.1 Å². The number of aromatic nitrogens is 3. The van der Waals surface area contributed by atoms with Crippen molar-refractivity contribution in [3.63, 3.8) is 0 Å². The van der Waals surface area contributed by atoms with Crippen LogP contribution >= 0.6 is 0 Å². The molecule has 1 amide bonds. The van der Waals surface area contributed by atoms with Gasteiger partial charge in [-0.3, -0.25) is 9.48 Å². The van der Waals surface area contributed by atoms with E-state index >= 15 is 0 Å². The lowest BCUT2D eigenvalue weighted by Crippen LogP contribution is -2.45. The van der Waals surface area contributed by atoms with Crippen molar-refractivity contribution in [3.8, 4) is 6.07 Å². The highest BCUT2D eigenvalue weighted by Gasteiger charge is 2.24. The van der Waals surface area contributed by atoms with E-state index in [2.05, 4.69) is 26.4 Å². The van der Waals surface area contributed by atoms with Gasteiger partial charge >= 0.3 is 0 Å². The minimum atomic E-state index is -0.131. The smallest absolute Gasteiger partial charge is 0.272 e. The lowest BCUT2D eigenvalue weighted by atomic mass is 10.0. The van der Waals surface area contributed by atoms with Gasteiger partial charge in [0.2, 0.25) is 0 Å². The van der Waals surface area contributed by atoms with Crippen molar-refractivity contribution in [2.75, 3.05) is 18.0 Å². The maximum absolute atomic E-state index is 12.3. The monoisotopic (exact) mass is 338 g/mol. The highest BCUT2D eigenvalue weighted by Crippen LogP contribution is 2.22. The summed E-state index contributed by atoms with van der Waals surface area (Å²) in [5.41, 5.74) is 2.90. The molecule has 0 bridgehead atoms. The molecule has 3 heterocycles. The predicted octanol–water partition coefficient (Wildman–Crippen LogP) is 1.70. The average molecular weight is 338 g/mol. The quantitative estimate of drug-likeness (QED) is 0.920. The zero-order chi connectivity index (χ0) is 18.0. The number of hydrogen-bond donors (Lipinski definition) is 1. The maximum Gasteiger partial charge on any atom is 0.272 e. The van der Waals surface area contributed by atoms with Crippen molar-refractivity contribution < 1.29 is 4.79 Å². The lowest BCUT2D eigenvalue weighted by Gasteiger charge is -2.33. The van der Waals surface area contributed by atoms with Crippen LogP contribution < -0.4 is 10.2 Å². The normalized spacial score (nSPS) is 15.0. The fourth-order valence-electron chi connectivity index (χ4n) is 3.04. The molecule has 2 aromatic rings. The number of amides is 1. The van der Waals surface area contributed by atoms with Crippen molar-refractivity contribution >= 4 is 11.7 Å². The number of nitriles is 1. The molecule has 1 fully saturated rings. The number of anilines is 1. The summed E-state index contributed by atoms with van der Waals surface area (Å²) in [5, 5.41) is 16.6. The summed E-state index contributed by atoms with van der Waals surface area (Å²) in [6.07, 6.45) is 1.64. The fraction of sp³-hybridized carbons (Fsp3) is 0.444. The van der Waals surface area contributed by atoms with Gasteiger partial charge in [0, 0.05) is 37.6 Å². The molecule has 1 aliphatic rings. The number of carbonyl (C=O) groups is 1. The fourth-order valence-corrected chi connectivity index (χ4v) is 3.04. The van der Waals surface area contributed by atoms with Crippen LogP contribution in [0.3, 0.4) is 0 Å². The number of nitrogens with one attached hydrogen (secondary N) is 1. The Morgan fingerprint density at radius 3 is 2.64 bits per heavy atom. The van der Waals surface area contributed by atoms with Gasteiger partial charge in [-0.2, -0.15) is 10.4 Å². The van der Waals surface area contributed by atoms with E-state index in [1.807, 2.05) is 33.0 Å². The Morgan fingerprint density at radius 2 is 2.04 bits per heavy atom. The Labute approximate surface area is 147 Å². The molecule has 25 heavy (non-hydrogen) atoms. The van der Waals surface area contributed by atoms with E-state index in [-0.39, 0.29) is 11.9 Å². The van der Waals surface area contributed by atoms with E-state index in [0.717, 1.165) is 43.1 Å². The third-order valence-corrected chi connectivity index (χ3v) is 4.61. The van der Waals surface area contributed by atoms with E-state index in [9.17, 15) is 10.1 Å². The molecule has 2 aromatic heterocycles. The summed E-state index contributed by atoms with van der Waals surface area (Å²) in [6.45, 7) is 5.37. The third-order valence-electron chi connectivity index (χ3n) is 4.61. The third kappa shape index (κ3) is 3.63. The molecule has 7 heteroatoms. The maximum atomic E-state index is 12.3. The van der Waals surface area contributed by atoms with Crippen molar-refractivity contribution in [3.05, 3.63) is 40.8 Å². The van der Waals surface area contributed by atoms with Gasteiger partial charge in [0.05, 0.1) is 5.56 Å². The van der Waals surface area contributed by atoms with Crippen LogP contribution in [0.5, 0.6) is 0 Å². The van der Waals surface area contributed by atoms with Crippen LogP contribution in [0.1, 0.15) is 40.3 Å². The Balaban J connectivity index is 1.62. The largest absolute Gasteiger partial charge is 0.355 e. The lowest BCUT2D eigenvalue weighted by molar-refractivity contribution is 0.0925. The van der Waals surface area contributed by atoms with Crippen LogP contribution in [0.25, 0.3) is 0 Å². The standard InChI is InChI=1S/C18H22N6O/c1-12-4-5-14(11-19)17(20-12)24-8-6-15(7-9-24)21-18(25)16-10-13(2)23(3)22-16/h4-5,10,15H,6-9H2,1-3H3,(H,21,25). The highest BCUT2D eigenvalue weighted by atomic mass is 16.2. The van der Waals surface area contributed by atoms with Crippen LogP contribution in [0.4, 0.5) is 5.82 Å². The first kappa shape index (κ1) is 17.0. The van der Waals surface area contributed by atoms with Gasteiger partial charge < -0.3 is 10.2 Å². The number of aryl methyl sites for hydroxylation is 3. The Hall–Kier alpha value is -2.88. The molecule has 3 rings (SSSR count). The number of nitrogens with zero attached hydrogens (tertiary/aromatic N) is 5. The second-order valence-electron chi connectivity index (χ2n) is 6.46. The molecule has 1 N–H and O–H groups in total. The first-order valence-corrected chi connectivity index (χ1v) is 8.42. The van der Waals surface area contributed by atoms with Crippen LogP contribution in [0.2, 0.25) is 0 Å².